The number of nitrogens with one attached hydrogen (secondary N) is 1. The van der Waals surface area contributed by atoms with Crippen molar-refractivity contribution in [2.24, 2.45) is 5.41 Å². The van der Waals surface area contributed by atoms with Gasteiger partial charge in [-0.15, -0.1) is 0 Å². The number of amides is 1. The van der Waals surface area contributed by atoms with Gasteiger partial charge in [0.1, 0.15) is 6.61 Å². The van der Waals surface area contributed by atoms with Gasteiger partial charge in [0, 0.05) is 32.7 Å². The number of ether oxygens (including phenoxy) is 3. The van der Waals surface area contributed by atoms with Gasteiger partial charge in [0.15, 0.2) is 6.10 Å². The molecule has 0 bridgehead atoms. The number of rotatable bonds is 9. The lowest BCUT2D eigenvalue weighted by Gasteiger charge is -2.31. The highest BCUT2D eigenvalue weighted by Gasteiger charge is 2.39. The second-order valence-corrected chi connectivity index (χ2v) is 5.74. The summed E-state index contributed by atoms with van der Waals surface area (Å²) in [6.07, 6.45) is -0.671. The fourth-order valence-electron chi connectivity index (χ4n) is 1.69. The normalized spacial score (nSPS) is 12.0. The third-order valence-electron chi connectivity index (χ3n) is 2.80. The Morgan fingerprint density at radius 1 is 0.957 bits per heavy atom. The first-order chi connectivity index (χ1) is 10.6. The molecule has 0 saturated carbocycles. The molecular weight excluding hydrogens is 306 g/mol. The molecule has 8 nitrogen and oxygen atoms in total. The van der Waals surface area contributed by atoms with Crippen LogP contribution in [0.25, 0.3) is 0 Å². The monoisotopic (exact) mass is 331 g/mol. The molecule has 0 aliphatic rings. The van der Waals surface area contributed by atoms with E-state index in [1.54, 1.807) is 13.8 Å². The van der Waals surface area contributed by atoms with Gasteiger partial charge in [-0.05, 0) is 6.42 Å². The molecule has 0 fully saturated rings. The third kappa shape index (κ3) is 9.49. The summed E-state index contributed by atoms with van der Waals surface area (Å²) in [5.41, 5.74) is -0.892. The summed E-state index contributed by atoms with van der Waals surface area (Å²) >= 11 is 0. The Hall–Kier alpha value is -2.12. The molecule has 132 valence electrons. The molecule has 0 unspecified atom stereocenters. The molecule has 0 saturated heterocycles. The van der Waals surface area contributed by atoms with Crippen molar-refractivity contribution < 1.29 is 33.4 Å². The van der Waals surface area contributed by atoms with E-state index in [1.165, 1.54) is 20.8 Å². The first-order valence-electron chi connectivity index (χ1n) is 7.28. The Kier molecular flexibility index (Phi) is 8.90. The summed E-state index contributed by atoms with van der Waals surface area (Å²) in [7, 11) is 0. The summed E-state index contributed by atoms with van der Waals surface area (Å²) in [5, 5.41) is 2.61. The molecule has 0 aromatic rings. The molecule has 0 radical (unpaired) electrons. The van der Waals surface area contributed by atoms with Gasteiger partial charge in [0.25, 0.3) is 5.91 Å². The van der Waals surface area contributed by atoms with Gasteiger partial charge in [0.05, 0.1) is 6.61 Å². The molecule has 1 amide bonds. The molecule has 23 heavy (non-hydrogen) atoms. The molecular formula is C15H25NO7. The highest BCUT2D eigenvalue weighted by atomic mass is 16.6. The van der Waals surface area contributed by atoms with Crippen molar-refractivity contribution in [3.8, 4) is 0 Å². The van der Waals surface area contributed by atoms with Gasteiger partial charge in [-0.2, -0.15) is 0 Å². The average Bonchev–Trinajstić information content (AvgIpc) is 2.41. The fraction of sp³-hybridized carbons (Fsp3) is 0.733. The van der Waals surface area contributed by atoms with E-state index >= 15 is 0 Å². The summed E-state index contributed by atoms with van der Waals surface area (Å²) in [4.78, 5) is 45.0. The maximum Gasteiger partial charge on any atom is 0.303 e. The Balaban J connectivity index is 4.62. The number of esters is 3. The Labute approximate surface area is 135 Å². The lowest BCUT2D eigenvalue weighted by atomic mass is 9.86. The van der Waals surface area contributed by atoms with E-state index in [1.807, 2.05) is 0 Å². The van der Waals surface area contributed by atoms with Gasteiger partial charge >= 0.3 is 17.9 Å². The van der Waals surface area contributed by atoms with Gasteiger partial charge < -0.3 is 19.5 Å². The molecule has 0 rings (SSSR count). The zero-order chi connectivity index (χ0) is 18.0. The molecule has 0 heterocycles. The minimum Gasteiger partial charge on any atom is -0.466 e. The van der Waals surface area contributed by atoms with E-state index in [2.05, 4.69) is 5.32 Å². The van der Waals surface area contributed by atoms with Crippen LogP contribution in [0.1, 0.15) is 41.0 Å². The lowest BCUT2D eigenvalue weighted by Crippen LogP contribution is -2.48. The molecule has 0 aromatic carbocycles. The van der Waals surface area contributed by atoms with E-state index in [-0.39, 0.29) is 19.8 Å². The Morgan fingerprint density at radius 3 is 2.00 bits per heavy atom. The third-order valence-corrected chi connectivity index (χ3v) is 2.80. The quantitative estimate of drug-likeness (QED) is 0.374. The van der Waals surface area contributed by atoms with Gasteiger partial charge in [0.2, 0.25) is 0 Å². The Bertz CT molecular complexity index is 445. The lowest BCUT2D eigenvalue weighted by molar-refractivity contribution is -0.166. The van der Waals surface area contributed by atoms with Crippen LogP contribution in [0.4, 0.5) is 0 Å². The topological polar surface area (TPSA) is 108 Å². The van der Waals surface area contributed by atoms with E-state index in [4.69, 9.17) is 14.2 Å². The number of carbonyl (C=O) groups is 4. The first kappa shape index (κ1) is 20.9. The highest BCUT2D eigenvalue weighted by molar-refractivity contribution is 5.84. The van der Waals surface area contributed by atoms with Crippen molar-refractivity contribution in [2.75, 3.05) is 19.8 Å². The van der Waals surface area contributed by atoms with Gasteiger partial charge in [-0.25, -0.2) is 0 Å². The number of hydrogen-bond acceptors (Lipinski definition) is 7. The smallest absolute Gasteiger partial charge is 0.303 e. The van der Waals surface area contributed by atoms with E-state index in [0.29, 0.717) is 6.42 Å². The maximum absolute atomic E-state index is 12.2. The van der Waals surface area contributed by atoms with Crippen LogP contribution in [0.5, 0.6) is 0 Å². The van der Waals surface area contributed by atoms with Crippen molar-refractivity contribution >= 4 is 23.8 Å². The summed E-state index contributed by atoms with van der Waals surface area (Å²) < 4.78 is 14.7. The predicted molar refractivity (Wildman–Crippen MR) is 80.2 cm³/mol. The first-order valence-corrected chi connectivity index (χ1v) is 7.28. The van der Waals surface area contributed by atoms with Crippen molar-refractivity contribution in [1.29, 1.82) is 0 Å². The summed E-state index contributed by atoms with van der Waals surface area (Å²) in [6.45, 7) is 7.44. The second kappa shape index (κ2) is 9.81. The zero-order valence-electron chi connectivity index (χ0n) is 14.3. The molecule has 0 aliphatic heterocycles. The zero-order valence-corrected chi connectivity index (χ0v) is 14.3. The highest BCUT2D eigenvalue weighted by Crippen LogP contribution is 2.24. The van der Waals surface area contributed by atoms with Crippen LogP contribution in [0, 0.1) is 5.41 Å². The molecule has 8 heteroatoms. The van der Waals surface area contributed by atoms with Crippen LogP contribution >= 0.6 is 0 Å². The average molecular weight is 331 g/mol. The molecule has 0 aromatic heterocycles. The van der Waals surface area contributed by atoms with Crippen molar-refractivity contribution in [1.82, 2.24) is 5.32 Å². The van der Waals surface area contributed by atoms with Crippen LogP contribution in [-0.2, 0) is 33.4 Å². The second-order valence-electron chi connectivity index (χ2n) is 5.74. The van der Waals surface area contributed by atoms with Gasteiger partial charge in [-0.3, -0.25) is 19.2 Å². The minimum absolute atomic E-state index is 0.0683. The molecule has 1 N–H and O–H groups in total. The maximum atomic E-state index is 12.2. The van der Waals surface area contributed by atoms with Crippen LogP contribution < -0.4 is 5.32 Å². The standard InChI is InChI=1S/C15H25NO7/c1-10(17)21-8-6-7-16-14(20)13(23-12(3)19)15(4,5)9-22-11(2)18/h13H,6-9H2,1-5H3,(H,16,20)/t13-/m1/s1. The SMILES string of the molecule is CC(=O)OCCCNC(=O)[C@@H](OC(C)=O)C(C)(C)COC(C)=O. The van der Waals surface area contributed by atoms with E-state index in [0.717, 1.165) is 0 Å². The largest absolute Gasteiger partial charge is 0.466 e. The fourth-order valence-corrected chi connectivity index (χ4v) is 1.69. The number of carbonyl (C=O) groups excluding carboxylic acids is 4. The van der Waals surface area contributed by atoms with Gasteiger partial charge in [-0.1, -0.05) is 13.8 Å². The van der Waals surface area contributed by atoms with Crippen LogP contribution in [0.2, 0.25) is 0 Å². The van der Waals surface area contributed by atoms with Crippen molar-refractivity contribution in [3.05, 3.63) is 0 Å². The molecule has 0 aliphatic carbocycles. The van der Waals surface area contributed by atoms with E-state index < -0.39 is 35.3 Å². The van der Waals surface area contributed by atoms with Crippen LogP contribution in [0.3, 0.4) is 0 Å². The summed E-state index contributed by atoms with van der Waals surface area (Å²) in [6, 6.07) is 0. The number of hydrogen-bond donors (Lipinski definition) is 1. The molecule has 1 atom stereocenters. The van der Waals surface area contributed by atoms with Crippen molar-refractivity contribution in [3.63, 3.8) is 0 Å². The predicted octanol–water partition coefficient (Wildman–Crippen LogP) is 0.577. The molecule has 0 spiro atoms. The Morgan fingerprint density at radius 2 is 1.52 bits per heavy atom. The summed E-state index contributed by atoms with van der Waals surface area (Å²) in [5.74, 6) is -1.99. The van der Waals surface area contributed by atoms with Crippen LogP contribution in [0.15, 0.2) is 0 Å². The van der Waals surface area contributed by atoms with E-state index in [9.17, 15) is 19.2 Å². The minimum atomic E-state index is -1.10. The van der Waals surface area contributed by atoms with Crippen LogP contribution in [-0.4, -0.2) is 49.7 Å². The van der Waals surface area contributed by atoms with Crippen molar-refractivity contribution in [2.45, 2.75) is 47.1 Å².